The van der Waals surface area contributed by atoms with E-state index < -0.39 is 0 Å². The first-order chi connectivity index (χ1) is 8.60. The minimum absolute atomic E-state index is 0.290. The van der Waals surface area contributed by atoms with Crippen LogP contribution in [0.2, 0.25) is 0 Å². The van der Waals surface area contributed by atoms with Crippen LogP contribution in [0.3, 0.4) is 0 Å². The van der Waals surface area contributed by atoms with Crippen molar-refractivity contribution in [2.45, 2.75) is 26.8 Å². The van der Waals surface area contributed by atoms with Crippen molar-refractivity contribution in [3.63, 3.8) is 0 Å². The summed E-state index contributed by atoms with van der Waals surface area (Å²) >= 11 is 3.33. The summed E-state index contributed by atoms with van der Waals surface area (Å²) in [7, 11) is 0. The van der Waals surface area contributed by atoms with Gasteiger partial charge < -0.3 is 9.88 Å². The maximum atomic E-state index is 13.7. The minimum Gasteiger partial charge on any atom is -0.323 e. The first-order valence-corrected chi connectivity index (χ1v) is 6.65. The van der Waals surface area contributed by atoms with Crippen molar-refractivity contribution >= 4 is 27.6 Å². The largest absolute Gasteiger partial charge is 0.323 e. The van der Waals surface area contributed by atoms with Crippen molar-refractivity contribution in [2.75, 3.05) is 5.32 Å². The van der Waals surface area contributed by atoms with Gasteiger partial charge in [-0.2, -0.15) is 0 Å². The molecule has 0 saturated heterocycles. The van der Waals surface area contributed by atoms with E-state index in [9.17, 15) is 4.39 Å². The third-order valence-corrected chi connectivity index (χ3v) is 3.03. The van der Waals surface area contributed by atoms with Crippen LogP contribution in [0.5, 0.6) is 0 Å². The van der Waals surface area contributed by atoms with Gasteiger partial charge in [0.15, 0.2) is 0 Å². The molecule has 0 amide bonds. The number of hydrogen-bond donors (Lipinski definition) is 1. The second kappa shape index (κ2) is 5.52. The van der Waals surface area contributed by atoms with Gasteiger partial charge in [0.25, 0.3) is 0 Å². The summed E-state index contributed by atoms with van der Waals surface area (Å²) in [4.78, 5) is 4.37. The van der Waals surface area contributed by atoms with Crippen molar-refractivity contribution < 1.29 is 4.39 Å². The fourth-order valence-corrected chi connectivity index (χ4v) is 2.13. The van der Waals surface area contributed by atoms with Gasteiger partial charge in [0.2, 0.25) is 5.95 Å². The number of imidazole rings is 1. The summed E-state index contributed by atoms with van der Waals surface area (Å²) in [6.07, 6.45) is 2.97. The fourth-order valence-electron chi connectivity index (χ4n) is 1.77. The molecule has 0 bridgehead atoms. The van der Waals surface area contributed by atoms with Gasteiger partial charge >= 0.3 is 0 Å². The Hall–Kier alpha value is -1.36. The lowest BCUT2D eigenvalue weighted by molar-refractivity contribution is 0.630. The highest BCUT2D eigenvalue weighted by Gasteiger charge is 2.08. The van der Waals surface area contributed by atoms with Crippen molar-refractivity contribution in [1.29, 1.82) is 0 Å². The predicted octanol–water partition coefficient (Wildman–Crippen LogP) is 4.25. The second-order valence-electron chi connectivity index (χ2n) is 4.15. The average Bonchev–Trinajstić information content (AvgIpc) is 2.65. The van der Waals surface area contributed by atoms with E-state index in [0.29, 0.717) is 11.6 Å². The number of aryl methyl sites for hydroxylation is 2. The molecule has 0 aliphatic carbocycles. The van der Waals surface area contributed by atoms with Crippen LogP contribution in [0.15, 0.2) is 28.9 Å². The van der Waals surface area contributed by atoms with Gasteiger partial charge in [-0.1, -0.05) is 22.9 Å². The first kappa shape index (κ1) is 13.1. The molecule has 0 spiro atoms. The molecule has 5 heteroatoms. The number of nitrogens with one attached hydrogen (secondary N) is 1. The standard InChI is InChI=1S/C13H15BrFN3/c1-3-6-18-8-9(2)16-13(18)17-12-7-10(14)4-5-11(12)15/h4-5,7-8H,3,6H2,1-2H3,(H,16,17). The third kappa shape index (κ3) is 2.90. The molecule has 0 radical (unpaired) electrons. The number of halogens is 2. The molecule has 0 aliphatic heterocycles. The zero-order valence-electron chi connectivity index (χ0n) is 10.4. The van der Waals surface area contributed by atoms with E-state index in [1.165, 1.54) is 6.07 Å². The number of rotatable bonds is 4. The Kier molecular flexibility index (Phi) is 4.01. The van der Waals surface area contributed by atoms with E-state index in [1.807, 2.05) is 17.7 Å². The number of anilines is 2. The van der Waals surface area contributed by atoms with Crippen LogP contribution in [0.1, 0.15) is 19.0 Å². The molecular formula is C13H15BrFN3. The highest BCUT2D eigenvalue weighted by atomic mass is 79.9. The highest BCUT2D eigenvalue weighted by molar-refractivity contribution is 9.10. The minimum atomic E-state index is -0.290. The Morgan fingerprint density at radius 1 is 1.44 bits per heavy atom. The zero-order valence-corrected chi connectivity index (χ0v) is 12.0. The Labute approximate surface area is 114 Å². The van der Waals surface area contributed by atoms with E-state index in [4.69, 9.17) is 0 Å². The molecule has 0 saturated carbocycles. The monoisotopic (exact) mass is 311 g/mol. The van der Waals surface area contributed by atoms with E-state index in [0.717, 1.165) is 23.1 Å². The molecule has 2 aromatic rings. The molecule has 1 heterocycles. The topological polar surface area (TPSA) is 29.9 Å². The number of hydrogen-bond acceptors (Lipinski definition) is 2. The lowest BCUT2D eigenvalue weighted by Gasteiger charge is -2.09. The SMILES string of the molecule is CCCn1cc(C)nc1Nc1cc(Br)ccc1F. The molecule has 18 heavy (non-hydrogen) atoms. The molecule has 1 aromatic carbocycles. The van der Waals surface area contributed by atoms with E-state index in [-0.39, 0.29) is 5.82 Å². The van der Waals surface area contributed by atoms with Crippen LogP contribution in [-0.2, 0) is 6.54 Å². The van der Waals surface area contributed by atoms with Crippen molar-refractivity contribution in [1.82, 2.24) is 9.55 Å². The molecule has 0 aliphatic rings. The maximum absolute atomic E-state index is 13.7. The predicted molar refractivity (Wildman–Crippen MR) is 74.6 cm³/mol. The van der Waals surface area contributed by atoms with Crippen LogP contribution in [-0.4, -0.2) is 9.55 Å². The molecule has 96 valence electrons. The Morgan fingerprint density at radius 3 is 2.94 bits per heavy atom. The summed E-state index contributed by atoms with van der Waals surface area (Å²) in [5.74, 6) is 0.383. The van der Waals surface area contributed by atoms with Crippen LogP contribution in [0.4, 0.5) is 16.0 Å². The normalized spacial score (nSPS) is 10.7. The molecule has 1 aromatic heterocycles. The van der Waals surface area contributed by atoms with Crippen molar-refractivity contribution in [3.8, 4) is 0 Å². The second-order valence-corrected chi connectivity index (χ2v) is 5.06. The van der Waals surface area contributed by atoms with Gasteiger partial charge in [0.05, 0.1) is 11.4 Å². The smallest absolute Gasteiger partial charge is 0.207 e. The lowest BCUT2D eigenvalue weighted by Crippen LogP contribution is -2.03. The van der Waals surface area contributed by atoms with E-state index in [2.05, 4.69) is 33.2 Å². The Morgan fingerprint density at radius 2 is 2.22 bits per heavy atom. The zero-order chi connectivity index (χ0) is 13.1. The van der Waals surface area contributed by atoms with Gasteiger partial charge in [0, 0.05) is 17.2 Å². The van der Waals surface area contributed by atoms with Crippen LogP contribution in [0, 0.1) is 12.7 Å². The molecule has 3 nitrogen and oxygen atoms in total. The summed E-state index contributed by atoms with van der Waals surface area (Å²) in [5.41, 5.74) is 1.34. The number of nitrogens with zero attached hydrogens (tertiary/aromatic N) is 2. The number of aromatic nitrogens is 2. The quantitative estimate of drug-likeness (QED) is 0.915. The Bertz CT molecular complexity index is 551. The van der Waals surface area contributed by atoms with E-state index in [1.54, 1.807) is 12.1 Å². The van der Waals surface area contributed by atoms with Crippen LogP contribution < -0.4 is 5.32 Å². The van der Waals surface area contributed by atoms with Gasteiger partial charge in [0.1, 0.15) is 5.82 Å². The Balaban J connectivity index is 2.30. The van der Waals surface area contributed by atoms with Gasteiger partial charge in [-0.25, -0.2) is 9.37 Å². The number of benzene rings is 1. The summed E-state index contributed by atoms with van der Waals surface area (Å²) < 4.78 is 16.5. The molecule has 0 unspecified atom stereocenters. The van der Waals surface area contributed by atoms with E-state index >= 15 is 0 Å². The molecule has 1 N–H and O–H groups in total. The average molecular weight is 312 g/mol. The van der Waals surface area contributed by atoms with Gasteiger partial charge in [-0.15, -0.1) is 0 Å². The van der Waals surface area contributed by atoms with Crippen molar-refractivity contribution in [3.05, 3.63) is 40.4 Å². The summed E-state index contributed by atoms with van der Waals surface area (Å²) in [6, 6.07) is 4.80. The summed E-state index contributed by atoms with van der Waals surface area (Å²) in [6.45, 7) is 4.88. The molecular weight excluding hydrogens is 297 g/mol. The molecule has 2 rings (SSSR count). The molecule has 0 fully saturated rings. The lowest BCUT2D eigenvalue weighted by atomic mass is 10.3. The first-order valence-electron chi connectivity index (χ1n) is 5.86. The van der Waals surface area contributed by atoms with Crippen molar-refractivity contribution in [2.24, 2.45) is 0 Å². The fraction of sp³-hybridized carbons (Fsp3) is 0.308. The van der Waals surface area contributed by atoms with Gasteiger partial charge in [-0.3, -0.25) is 0 Å². The van der Waals surface area contributed by atoms with Crippen LogP contribution >= 0.6 is 15.9 Å². The third-order valence-electron chi connectivity index (χ3n) is 2.54. The van der Waals surface area contributed by atoms with Crippen LogP contribution in [0.25, 0.3) is 0 Å². The highest BCUT2D eigenvalue weighted by Crippen LogP contribution is 2.23. The summed E-state index contributed by atoms with van der Waals surface area (Å²) in [5, 5.41) is 3.03. The maximum Gasteiger partial charge on any atom is 0.207 e. The molecule has 0 atom stereocenters. The van der Waals surface area contributed by atoms with Gasteiger partial charge in [-0.05, 0) is 31.5 Å².